The van der Waals surface area contributed by atoms with Crippen LogP contribution in [0.15, 0.2) is 24.4 Å². The van der Waals surface area contributed by atoms with Crippen molar-refractivity contribution in [2.75, 3.05) is 13.2 Å². The van der Waals surface area contributed by atoms with E-state index in [9.17, 15) is 10.1 Å². The van der Waals surface area contributed by atoms with E-state index in [1.165, 1.54) is 6.20 Å². The second-order valence-electron chi connectivity index (χ2n) is 5.41. The molecule has 6 heteroatoms. The molecule has 0 unspecified atom stereocenters. The third-order valence-electron chi connectivity index (χ3n) is 3.97. The summed E-state index contributed by atoms with van der Waals surface area (Å²) >= 11 is 0. The summed E-state index contributed by atoms with van der Waals surface area (Å²) in [7, 11) is 0. The molecule has 1 aromatic carbocycles. The Labute approximate surface area is 134 Å². The van der Waals surface area contributed by atoms with Gasteiger partial charge < -0.3 is 19.4 Å². The maximum atomic E-state index is 12.6. The van der Waals surface area contributed by atoms with E-state index in [1.54, 1.807) is 18.2 Å². The van der Waals surface area contributed by atoms with E-state index in [0.717, 1.165) is 15.6 Å². The number of ether oxygens (including phenoxy) is 2. The van der Waals surface area contributed by atoms with Crippen LogP contribution in [-0.2, 0) is 12.8 Å². The van der Waals surface area contributed by atoms with Gasteiger partial charge in [0.05, 0.1) is 23.3 Å². The van der Waals surface area contributed by atoms with Crippen LogP contribution in [0.1, 0.15) is 31.7 Å². The fourth-order valence-corrected chi connectivity index (χ4v) is 2.96. The van der Waals surface area contributed by atoms with E-state index in [2.05, 4.69) is 0 Å². The van der Waals surface area contributed by atoms with Crippen molar-refractivity contribution < 1.29 is 13.9 Å². The summed E-state index contributed by atoms with van der Waals surface area (Å²) in [6.45, 7) is 4.81. The van der Waals surface area contributed by atoms with Gasteiger partial charge in [0.15, 0.2) is 11.5 Å². The monoisotopic (exact) mass is 316 g/mol. The molecule has 2 aromatic rings. The Kier molecular flexibility index (Phi) is 4.23. The third kappa shape index (κ3) is 2.76. The predicted octanol–water partition coefficient (Wildman–Crippen LogP) is 2.70. The zero-order valence-corrected chi connectivity index (χ0v) is 13.4. The Morgan fingerprint density at radius 3 is 2.65 bits per heavy atom. The van der Waals surface area contributed by atoms with E-state index in [0.29, 0.717) is 60.2 Å². The van der Waals surface area contributed by atoms with Gasteiger partial charge in [-0.1, -0.05) is 0 Å². The topological polar surface area (TPSA) is 69.4 Å². The molecule has 1 aliphatic carbocycles. The molecule has 6 nitrogen and oxygen atoms in total. The molecule has 0 amide bonds. The summed E-state index contributed by atoms with van der Waals surface area (Å²) in [6.07, 6.45) is 3.50. The zero-order valence-electron chi connectivity index (χ0n) is 13.4. The first-order valence-electron chi connectivity index (χ1n) is 7.93. The van der Waals surface area contributed by atoms with E-state index >= 15 is 0 Å². The van der Waals surface area contributed by atoms with Crippen molar-refractivity contribution >= 4 is 0 Å². The summed E-state index contributed by atoms with van der Waals surface area (Å²) in [5, 5.41) is 12.6. The van der Waals surface area contributed by atoms with Crippen LogP contribution in [0, 0.1) is 10.1 Å². The van der Waals surface area contributed by atoms with Crippen LogP contribution in [0.25, 0.3) is 11.3 Å². The Morgan fingerprint density at radius 1 is 1.17 bits per heavy atom. The summed E-state index contributed by atoms with van der Waals surface area (Å²) in [5.74, 6) is 1.21. The van der Waals surface area contributed by atoms with Crippen molar-refractivity contribution in [1.82, 2.24) is 4.73 Å². The maximum absolute atomic E-state index is 12.6. The van der Waals surface area contributed by atoms with Gasteiger partial charge in [0.1, 0.15) is 5.69 Å². The van der Waals surface area contributed by atoms with E-state index in [-0.39, 0.29) is 0 Å². The molecule has 0 N–H and O–H groups in total. The lowest BCUT2D eigenvalue weighted by Gasteiger charge is -2.19. The first kappa shape index (κ1) is 15.4. The fourth-order valence-electron chi connectivity index (χ4n) is 2.96. The lowest BCUT2D eigenvalue weighted by molar-refractivity contribution is -0.504. The molecule has 0 bridgehead atoms. The second kappa shape index (κ2) is 6.32. The second-order valence-corrected chi connectivity index (χ2v) is 5.41. The Balaban J connectivity index is 2.10. The van der Waals surface area contributed by atoms with Crippen molar-refractivity contribution in [2.45, 2.75) is 33.1 Å². The summed E-state index contributed by atoms with van der Waals surface area (Å²) in [6, 6.07) is 5.30. The van der Waals surface area contributed by atoms with Crippen molar-refractivity contribution in [3.63, 3.8) is 0 Å². The highest BCUT2D eigenvalue weighted by Gasteiger charge is 2.25. The van der Waals surface area contributed by atoms with Crippen molar-refractivity contribution in [3.05, 3.63) is 45.9 Å². The van der Waals surface area contributed by atoms with Gasteiger partial charge in [0.2, 0.25) is 0 Å². The van der Waals surface area contributed by atoms with Crippen LogP contribution in [0.2, 0.25) is 0 Å². The molecule has 0 saturated heterocycles. The van der Waals surface area contributed by atoms with Crippen LogP contribution in [-0.4, -0.2) is 17.9 Å². The maximum Gasteiger partial charge on any atom is 0.258 e. The van der Waals surface area contributed by atoms with Crippen molar-refractivity contribution in [1.29, 1.82) is 0 Å². The molecule has 1 aromatic heterocycles. The lowest BCUT2D eigenvalue weighted by atomic mass is 10.1. The molecule has 0 atom stereocenters. The molecule has 0 aliphatic heterocycles. The molecule has 0 fully saturated rings. The molecule has 23 heavy (non-hydrogen) atoms. The van der Waals surface area contributed by atoms with Crippen LogP contribution in [0.3, 0.4) is 0 Å². The largest absolute Gasteiger partial charge is 0.805 e. The highest BCUT2D eigenvalue weighted by atomic mass is 16.5. The number of nitrogens with zero attached hydrogens (tertiary/aromatic N) is 2. The molecule has 1 heterocycles. The van der Waals surface area contributed by atoms with E-state index < -0.39 is 0 Å². The van der Waals surface area contributed by atoms with Gasteiger partial charge in [0.25, 0.3) is 11.9 Å². The molecular formula is C17H20N2O4. The predicted molar refractivity (Wildman–Crippen MR) is 86.4 cm³/mol. The molecule has 3 rings (SSSR count). The van der Waals surface area contributed by atoms with Gasteiger partial charge in [-0.3, -0.25) is 0 Å². The minimum atomic E-state index is 0.338. The van der Waals surface area contributed by atoms with Gasteiger partial charge in [-0.05, 0) is 44.9 Å². The number of rotatable bonds is 5. The van der Waals surface area contributed by atoms with Gasteiger partial charge in [-0.15, -0.1) is 0 Å². The zero-order chi connectivity index (χ0) is 16.4. The van der Waals surface area contributed by atoms with Crippen molar-refractivity contribution in [2.24, 2.45) is 0 Å². The Hall–Kier alpha value is -2.50. The van der Waals surface area contributed by atoms with Gasteiger partial charge in [-0.25, -0.2) is 0 Å². The minimum absolute atomic E-state index is 0.338. The first-order valence-corrected chi connectivity index (χ1v) is 7.93. The third-order valence-corrected chi connectivity index (χ3v) is 3.97. The van der Waals surface area contributed by atoms with Crippen LogP contribution in [0.5, 0.6) is 11.5 Å². The average molecular weight is 316 g/mol. The molecule has 0 radical (unpaired) electrons. The number of hydrogen-bond acceptors (Lipinski definition) is 4. The number of benzene rings is 1. The average Bonchev–Trinajstić information content (AvgIpc) is 3.04. The van der Waals surface area contributed by atoms with Gasteiger partial charge >= 0.3 is 0 Å². The van der Waals surface area contributed by atoms with Gasteiger partial charge in [-0.2, -0.15) is 0 Å². The Morgan fingerprint density at radius 2 is 1.91 bits per heavy atom. The quantitative estimate of drug-likeness (QED) is 0.795. The molecule has 1 aliphatic rings. The van der Waals surface area contributed by atoms with Crippen LogP contribution in [0.4, 0.5) is 0 Å². The number of fused-ring (bicyclic) bond motifs is 1. The highest BCUT2D eigenvalue weighted by molar-refractivity contribution is 5.64. The molecule has 0 spiro atoms. The lowest BCUT2D eigenvalue weighted by Crippen LogP contribution is -2.24. The van der Waals surface area contributed by atoms with Crippen molar-refractivity contribution in [3.8, 4) is 22.8 Å². The minimum Gasteiger partial charge on any atom is -0.805 e. The van der Waals surface area contributed by atoms with E-state index in [4.69, 9.17) is 9.47 Å². The highest BCUT2D eigenvalue weighted by Crippen LogP contribution is 2.33. The molecule has 0 saturated carbocycles. The number of aromatic nitrogens is 2. The molecular weight excluding hydrogens is 296 g/mol. The molecule has 122 valence electrons. The Bertz CT molecular complexity index is 783. The normalized spacial score (nSPS) is 13.0. The summed E-state index contributed by atoms with van der Waals surface area (Å²) in [4.78, 5) is 12.1. The summed E-state index contributed by atoms with van der Waals surface area (Å²) < 4.78 is 12.8. The summed E-state index contributed by atoms with van der Waals surface area (Å²) in [5.41, 5.74) is 2.14. The van der Waals surface area contributed by atoms with Crippen LogP contribution < -0.4 is 13.9 Å². The number of hydrogen-bond donors (Lipinski definition) is 0. The van der Waals surface area contributed by atoms with E-state index in [1.807, 2.05) is 13.8 Å². The van der Waals surface area contributed by atoms with Gasteiger partial charge in [0, 0.05) is 16.9 Å². The fraction of sp³-hybridized carbons (Fsp3) is 0.412. The smallest absolute Gasteiger partial charge is 0.258 e. The standard InChI is InChI=1S/C17H20N2O4/c1-3-22-16-9-8-12(10-17(16)23-4-2)15-11-18(20)13-6-5-7-14(13)19(15)21/h8-11H,3-7H2,1-2H3. The SMILES string of the molecule is CCOc1ccc(-c2c[n+](=O)c3c(n2[O-])CCC3)cc1OCC. The van der Waals surface area contributed by atoms with Crippen LogP contribution >= 0.6 is 0 Å². The first-order chi connectivity index (χ1) is 11.2.